The molecule has 10 nitrogen and oxygen atoms in total. The first kappa shape index (κ1) is 26.3. The zero-order valence-electron chi connectivity index (χ0n) is 20.5. The molecule has 6 unspecified atom stereocenters. The highest BCUT2D eigenvalue weighted by Crippen LogP contribution is 2.41. The molecule has 6 atom stereocenters. The van der Waals surface area contributed by atoms with E-state index < -0.39 is 41.8 Å². The first-order chi connectivity index (χ1) is 15.5. The normalized spacial score (nSPS) is 37.9. The van der Waals surface area contributed by atoms with E-state index in [1.54, 1.807) is 13.8 Å². The molecule has 0 N–H and O–H groups in total. The van der Waals surface area contributed by atoms with Crippen molar-refractivity contribution in [3.63, 3.8) is 0 Å². The van der Waals surface area contributed by atoms with Crippen LogP contribution in [-0.4, -0.2) is 80.1 Å². The van der Waals surface area contributed by atoms with E-state index in [1.165, 1.54) is 0 Å². The molecule has 3 heterocycles. The molecule has 0 aliphatic carbocycles. The summed E-state index contributed by atoms with van der Waals surface area (Å²) in [4.78, 5) is 23.5. The van der Waals surface area contributed by atoms with Gasteiger partial charge in [0.25, 0.3) is 0 Å². The molecule has 3 fully saturated rings. The van der Waals surface area contributed by atoms with Crippen LogP contribution in [0.2, 0.25) is 0 Å². The Morgan fingerprint density at radius 2 is 1.12 bits per heavy atom. The molecule has 3 aliphatic heterocycles. The van der Waals surface area contributed by atoms with Gasteiger partial charge < -0.3 is 37.9 Å². The molecule has 0 saturated carbocycles. The maximum absolute atomic E-state index is 11.7. The highest BCUT2D eigenvalue weighted by atomic mass is 16.8. The Morgan fingerprint density at radius 1 is 0.727 bits per heavy atom. The van der Waals surface area contributed by atoms with Crippen molar-refractivity contribution in [3.8, 4) is 0 Å². The van der Waals surface area contributed by atoms with E-state index in [0.717, 1.165) is 0 Å². The van der Waals surface area contributed by atoms with Gasteiger partial charge in [-0.05, 0) is 41.5 Å². The fourth-order valence-corrected chi connectivity index (χ4v) is 4.40. The summed E-state index contributed by atoms with van der Waals surface area (Å²) in [6.07, 6.45) is -0.565. The molecule has 3 aliphatic rings. The summed E-state index contributed by atoms with van der Waals surface area (Å²) in [6, 6.07) is 0. The third kappa shape index (κ3) is 6.86. The Kier molecular flexibility index (Phi) is 8.40. The van der Waals surface area contributed by atoms with Crippen molar-refractivity contribution in [1.82, 2.24) is 0 Å². The van der Waals surface area contributed by atoms with Gasteiger partial charge in [-0.2, -0.15) is 0 Å². The first-order valence-corrected chi connectivity index (χ1v) is 11.8. The summed E-state index contributed by atoms with van der Waals surface area (Å²) in [7, 11) is 0. The molecule has 0 aromatic rings. The monoisotopic (exact) mass is 474 g/mol. The average molecular weight is 475 g/mol. The SMILES string of the molecule is CCOC(=O)CCC1(C)OCC(C2OC(C)(C)OC2C2COC(C)(CCC(=O)OCC)O2)O1. The van der Waals surface area contributed by atoms with Gasteiger partial charge in [-0.1, -0.05) is 0 Å². The van der Waals surface area contributed by atoms with Gasteiger partial charge >= 0.3 is 11.9 Å². The molecule has 3 rings (SSSR count). The van der Waals surface area contributed by atoms with Gasteiger partial charge in [0.2, 0.25) is 0 Å². The molecular formula is C23H38O10. The van der Waals surface area contributed by atoms with Crippen molar-refractivity contribution in [2.24, 2.45) is 0 Å². The Bertz CT molecular complexity index is 641. The summed E-state index contributed by atoms with van der Waals surface area (Å²) in [5, 5.41) is 0. The number of rotatable bonds is 10. The maximum Gasteiger partial charge on any atom is 0.305 e. The summed E-state index contributed by atoms with van der Waals surface area (Å²) < 4.78 is 46.6. The Hall–Kier alpha value is -1.30. The quantitative estimate of drug-likeness (QED) is 0.438. The van der Waals surface area contributed by atoms with Crippen molar-refractivity contribution < 1.29 is 47.5 Å². The predicted molar refractivity (Wildman–Crippen MR) is 114 cm³/mol. The van der Waals surface area contributed by atoms with Crippen LogP contribution in [0.15, 0.2) is 0 Å². The Morgan fingerprint density at radius 3 is 1.48 bits per heavy atom. The second-order valence-corrected chi connectivity index (χ2v) is 9.38. The van der Waals surface area contributed by atoms with Crippen molar-refractivity contribution in [3.05, 3.63) is 0 Å². The molecule has 190 valence electrons. The Balaban J connectivity index is 1.60. The maximum atomic E-state index is 11.7. The summed E-state index contributed by atoms with van der Waals surface area (Å²) in [5.41, 5.74) is 0. The van der Waals surface area contributed by atoms with Gasteiger partial charge in [0.15, 0.2) is 17.4 Å². The lowest BCUT2D eigenvalue weighted by atomic mass is 10.0. The van der Waals surface area contributed by atoms with E-state index in [2.05, 4.69) is 0 Å². The van der Waals surface area contributed by atoms with Crippen LogP contribution in [0.25, 0.3) is 0 Å². The molecule has 0 aromatic heterocycles. The van der Waals surface area contributed by atoms with Crippen LogP contribution < -0.4 is 0 Å². The summed E-state index contributed by atoms with van der Waals surface area (Å²) in [5.74, 6) is -3.24. The van der Waals surface area contributed by atoms with Crippen LogP contribution in [-0.2, 0) is 47.5 Å². The van der Waals surface area contributed by atoms with Gasteiger partial charge in [-0.15, -0.1) is 0 Å². The number of carbonyl (C=O) groups excluding carboxylic acids is 2. The largest absolute Gasteiger partial charge is 0.466 e. The average Bonchev–Trinajstić information content (AvgIpc) is 3.41. The minimum atomic E-state index is -0.917. The van der Waals surface area contributed by atoms with E-state index >= 15 is 0 Å². The van der Waals surface area contributed by atoms with E-state index in [1.807, 2.05) is 27.7 Å². The van der Waals surface area contributed by atoms with Crippen molar-refractivity contribution in [2.45, 2.75) is 109 Å². The van der Waals surface area contributed by atoms with Crippen LogP contribution in [0.1, 0.15) is 67.2 Å². The summed E-state index contributed by atoms with van der Waals surface area (Å²) in [6.45, 7) is 12.1. The molecule has 33 heavy (non-hydrogen) atoms. The lowest BCUT2D eigenvalue weighted by Gasteiger charge is -2.28. The van der Waals surface area contributed by atoms with Crippen molar-refractivity contribution >= 4 is 11.9 Å². The van der Waals surface area contributed by atoms with Crippen LogP contribution in [0.5, 0.6) is 0 Å². The molecule has 0 spiro atoms. The second kappa shape index (κ2) is 10.5. The highest BCUT2D eigenvalue weighted by Gasteiger charge is 2.55. The minimum Gasteiger partial charge on any atom is -0.466 e. The van der Waals surface area contributed by atoms with Crippen LogP contribution in [0, 0.1) is 0 Å². The van der Waals surface area contributed by atoms with Crippen LogP contribution >= 0.6 is 0 Å². The number of esters is 2. The third-order valence-corrected chi connectivity index (χ3v) is 5.98. The van der Waals surface area contributed by atoms with E-state index in [0.29, 0.717) is 39.3 Å². The lowest BCUT2D eigenvalue weighted by Crippen LogP contribution is -2.45. The number of carbonyl (C=O) groups is 2. The van der Waals surface area contributed by atoms with Crippen LogP contribution in [0.4, 0.5) is 0 Å². The molecule has 0 bridgehead atoms. The zero-order valence-corrected chi connectivity index (χ0v) is 20.5. The molecule has 0 amide bonds. The fourth-order valence-electron chi connectivity index (χ4n) is 4.40. The smallest absolute Gasteiger partial charge is 0.305 e. The standard InChI is InChI=1S/C23H38O10/c1-7-26-17(24)9-11-22(5)28-13-15(30-22)19-20(33-21(3,4)32-19)16-14-29-23(6,31-16)12-10-18(25)27-8-2/h15-16,19-20H,7-14H2,1-6H3. The van der Waals surface area contributed by atoms with Crippen molar-refractivity contribution in [2.75, 3.05) is 26.4 Å². The Labute approximate surface area is 195 Å². The van der Waals surface area contributed by atoms with E-state index in [-0.39, 0.29) is 24.8 Å². The van der Waals surface area contributed by atoms with Gasteiger partial charge in [0.1, 0.15) is 24.4 Å². The van der Waals surface area contributed by atoms with Gasteiger partial charge in [0, 0.05) is 12.8 Å². The molecule has 0 radical (unpaired) electrons. The van der Waals surface area contributed by atoms with Gasteiger partial charge in [-0.25, -0.2) is 0 Å². The zero-order chi connectivity index (χ0) is 24.3. The topological polar surface area (TPSA) is 108 Å². The predicted octanol–water partition coefficient (Wildman–Crippen LogP) is 2.46. The second-order valence-electron chi connectivity index (χ2n) is 9.38. The van der Waals surface area contributed by atoms with E-state index in [4.69, 9.17) is 37.9 Å². The van der Waals surface area contributed by atoms with Crippen molar-refractivity contribution in [1.29, 1.82) is 0 Å². The molecule has 3 saturated heterocycles. The number of hydrogen-bond acceptors (Lipinski definition) is 10. The number of hydrogen-bond donors (Lipinski definition) is 0. The minimum absolute atomic E-state index is 0.201. The van der Waals surface area contributed by atoms with Crippen LogP contribution in [0.3, 0.4) is 0 Å². The highest BCUT2D eigenvalue weighted by molar-refractivity contribution is 5.69. The van der Waals surface area contributed by atoms with Gasteiger partial charge in [-0.3, -0.25) is 9.59 Å². The molecular weight excluding hydrogens is 436 g/mol. The lowest BCUT2D eigenvalue weighted by molar-refractivity contribution is -0.187. The first-order valence-electron chi connectivity index (χ1n) is 11.8. The summed E-state index contributed by atoms with van der Waals surface area (Å²) >= 11 is 0. The fraction of sp³-hybridized carbons (Fsp3) is 0.913. The number of ether oxygens (including phenoxy) is 8. The van der Waals surface area contributed by atoms with Gasteiger partial charge in [0.05, 0.1) is 39.3 Å². The van der Waals surface area contributed by atoms with E-state index in [9.17, 15) is 9.59 Å². The molecule has 0 aromatic carbocycles. The molecule has 10 heteroatoms. The third-order valence-electron chi connectivity index (χ3n) is 5.98.